The number of nitriles is 1. The molecule has 0 spiro atoms. The molecule has 0 unspecified atom stereocenters. The highest BCUT2D eigenvalue weighted by molar-refractivity contribution is 5.51. The van der Waals surface area contributed by atoms with Crippen molar-refractivity contribution >= 4 is 0 Å². The van der Waals surface area contributed by atoms with Crippen LogP contribution in [-0.4, -0.2) is 14.8 Å². The van der Waals surface area contributed by atoms with E-state index in [-0.39, 0.29) is 22.5 Å². The quantitative estimate of drug-likeness (QED) is 0.481. The van der Waals surface area contributed by atoms with Gasteiger partial charge in [0.1, 0.15) is 11.5 Å². The second-order valence-corrected chi connectivity index (χ2v) is 5.49. The summed E-state index contributed by atoms with van der Waals surface area (Å²) in [7, 11) is 0. The number of aryl methyl sites for hydroxylation is 1. The van der Waals surface area contributed by atoms with Gasteiger partial charge in [0, 0.05) is 6.20 Å². The van der Waals surface area contributed by atoms with Crippen molar-refractivity contribution in [2.75, 3.05) is 0 Å². The molecule has 27 heavy (non-hydrogen) atoms. The molecule has 3 aromatic rings. The van der Waals surface area contributed by atoms with E-state index in [4.69, 9.17) is 5.26 Å². The first-order valence-electron chi connectivity index (χ1n) is 7.60. The number of benzene rings is 1. The summed E-state index contributed by atoms with van der Waals surface area (Å²) >= 11 is 0. The van der Waals surface area contributed by atoms with Crippen molar-refractivity contribution in [1.82, 2.24) is 14.8 Å². The molecule has 4 nitrogen and oxygen atoms in total. The Morgan fingerprint density at radius 2 is 1.89 bits per heavy atom. The number of alkyl halides is 3. The lowest BCUT2D eigenvalue weighted by molar-refractivity contribution is -0.143. The molecule has 0 N–H and O–H groups in total. The number of aromatic nitrogens is 3. The second kappa shape index (κ2) is 6.93. The summed E-state index contributed by atoms with van der Waals surface area (Å²) in [5, 5.41) is 12.8. The van der Waals surface area contributed by atoms with Gasteiger partial charge in [0.25, 0.3) is 0 Å². The molecular weight excluding hydrogens is 360 g/mol. The third-order valence-corrected chi connectivity index (χ3v) is 3.57. The van der Waals surface area contributed by atoms with Gasteiger partial charge in [-0.3, -0.25) is 0 Å². The van der Waals surface area contributed by atoms with Crippen LogP contribution in [0.5, 0.6) is 0 Å². The average Bonchev–Trinajstić information content (AvgIpc) is 2.97. The number of nitrogens with zero attached hydrogens (tertiary/aromatic N) is 4. The van der Waals surface area contributed by atoms with Gasteiger partial charge >= 0.3 is 6.18 Å². The zero-order valence-corrected chi connectivity index (χ0v) is 13.8. The first-order chi connectivity index (χ1) is 12.8. The summed E-state index contributed by atoms with van der Waals surface area (Å²) in [6, 6.07) is 9.51. The lowest BCUT2D eigenvalue weighted by atomic mass is 10.1. The SMILES string of the molecule is Cc1nn(-c2cc(F)cc(C#N)c2)c(C(F)(F)F)c1C#Cc1ccccn1. The van der Waals surface area contributed by atoms with Crippen molar-refractivity contribution < 1.29 is 17.6 Å². The standard InChI is InChI=1S/C19H10F4N4/c1-12-17(6-5-15-4-2-3-7-25-15)18(19(21,22)23)27(26-12)16-9-13(11-24)8-14(20)10-16/h2-4,7-10H,1H3. The van der Waals surface area contributed by atoms with E-state index >= 15 is 0 Å². The van der Waals surface area contributed by atoms with E-state index < -0.39 is 17.7 Å². The number of pyridine rings is 1. The molecule has 0 amide bonds. The average molecular weight is 370 g/mol. The Kier molecular flexibility index (Phi) is 4.66. The Morgan fingerprint density at radius 3 is 2.52 bits per heavy atom. The Hall–Kier alpha value is -3.65. The molecule has 0 aliphatic carbocycles. The third-order valence-electron chi connectivity index (χ3n) is 3.57. The Labute approximate surface area is 151 Å². The van der Waals surface area contributed by atoms with Crippen LogP contribution in [0.25, 0.3) is 5.69 Å². The molecule has 134 valence electrons. The highest BCUT2D eigenvalue weighted by Crippen LogP contribution is 2.35. The van der Waals surface area contributed by atoms with E-state index in [9.17, 15) is 17.6 Å². The minimum absolute atomic E-state index is 0.0218. The van der Waals surface area contributed by atoms with Gasteiger partial charge in [-0.25, -0.2) is 14.1 Å². The minimum Gasteiger partial charge on any atom is -0.248 e. The molecule has 0 radical (unpaired) electrons. The van der Waals surface area contributed by atoms with Gasteiger partial charge in [0.05, 0.1) is 28.6 Å². The number of halogens is 4. The zero-order chi connectivity index (χ0) is 19.6. The number of hydrogen-bond acceptors (Lipinski definition) is 3. The molecule has 2 heterocycles. The molecule has 0 aliphatic heterocycles. The van der Waals surface area contributed by atoms with E-state index in [1.165, 1.54) is 13.1 Å². The molecule has 0 aliphatic rings. The maximum absolute atomic E-state index is 13.7. The van der Waals surface area contributed by atoms with Gasteiger partial charge in [-0.1, -0.05) is 12.0 Å². The van der Waals surface area contributed by atoms with Crippen LogP contribution >= 0.6 is 0 Å². The molecule has 0 fully saturated rings. The number of rotatable bonds is 1. The summed E-state index contributed by atoms with van der Waals surface area (Å²) < 4.78 is 55.4. The molecule has 0 atom stereocenters. The van der Waals surface area contributed by atoms with E-state index in [0.29, 0.717) is 10.4 Å². The Morgan fingerprint density at radius 1 is 1.11 bits per heavy atom. The fourth-order valence-corrected chi connectivity index (χ4v) is 2.45. The van der Waals surface area contributed by atoms with E-state index in [2.05, 4.69) is 21.9 Å². The van der Waals surface area contributed by atoms with Crippen LogP contribution in [0.4, 0.5) is 17.6 Å². The summed E-state index contributed by atoms with van der Waals surface area (Å²) in [6.45, 7) is 1.37. The molecule has 0 bridgehead atoms. The Bertz CT molecular complexity index is 1100. The number of hydrogen-bond donors (Lipinski definition) is 0. The molecule has 1 aromatic carbocycles. The van der Waals surface area contributed by atoms with Gasteiger partial charge in [-0.2, -0.15) is 23.5 Å². The predicted octanol–water partition coefficient (Wildman–Crippen LogP) is 4.01. The molecule has 3 rings (SSSR count). The zero-order valence-electron chi connectivity index (χ0n) is 13.8. The minimum atomic E-state index is -4.80. The largest absolute Gasteiger partial charge is 0.434 e. The van der Waals surface area contributed by atoms with Crippen molar-refractivity contribution in [2.24, 2.45) is 0 Å². The van der Waals surface area contributed by atoms with Crippen molar-refractivity contribution in [1.29, 1.82) is 5.26 Å². The highest BCUT2D eigenvalue weighted by Gasteiger charge is 2.39. The van der Waals surface area contributed by atoms with E-state index in [1.54, 1.807) is 24.3 Å². The van der Waals surface area contributed by atoms with Crippen LogP contribution in [-0.2, 0) is 6.18 Å². The lowest BCUT2D eigenvalue weighted by Crippen LogP contribution is -2.15. The van der Waals surface area contributed by atoms with Crippen molar-refractivity contribution in [3.05, 3.63) is 76.6 Å². The third kappa shape index (κ3) is 3.80. The molecule has 8 heteroatoms. The van der Waals surface area contributed by atoms with Crippen LogP contribution in [0, 0.1) is 35.9 Å². The fraction of sp³-hybridized carbons (Fsp3) is 0.105. The van der Waals surface area contributed by atoms with E-state index in [0.717, 1.165) is 18.2 Å². The smallest absolute Gasteiger partial charge is 0.248 e. The molecular formula is C19H10F4N4. The van der Waals surface area contributed by atoms with Crippen molar-refractivity contribution in [3.63, 3.8) is 0 Å². The Balaban J connectivity index is 2.22. The normalized spacial score (nSPS) is 10.8. The summed E-state index contributed by atoms with van der Waals surface area (Å²) in [4.78, 5) is 3.95. The summed E-state index contributed by atoms with van der Waals surface area (Å²) in [5.41, 5.74) is -1.49. The van der Waals surface area contributed by atoms with Crippen LogP contribution in [0.3, 0.4) is 0 Å². The fourth-order valence-electron chi connectivity index (χ4n) is 2.45. The van der Waals surface area contributed by atoms with Crippen molar-refractivity contribution in [3.8, 4) is 23.6 Å². The van der Waals surface area contributed by atoms with E-state index in [1.807, 2.05) is 0 Å². The first-order valence-corrected chi connectivity index (χ1v) is 7.60. The van der Waals surface area contributed by atoms with Gasteiger partial charge < -0.3 is 0 Å². The first kappa shape index (κ1) is 18.2. The highest BCUT2D eigenvalue weighted by atomic mass is 19.4. The summed E-state index contributed by atoms with van der Waals surface area (Å²) in [6.07, 6.45) is -3.32. The molecule has 0 saturated carbocycles. The maximum atomic E-state index is 13.7. The van der Waals surface area contributed by atoms with Gasteiger partial charge in [0.15, 0.2) is 5.69 Å². The maximum Gasteiger partial charge on any atom is 0.434 e. The van der Waals surface area contributed by atoms with Gasteiger partial charge in [-0.05, 0) is 43.2 Å². The van der Waals surface area contributed by atoms with Crippen LogP contribution in [0.15, 0.2) is 42.6 Å². The monoisotopic (exact) mass is 370 g/mol. The van der Waals surface area contributed by atoms with Crippen molar-refractivity contribution in [2.45, 2.75) is 13.1 Å². The topological polar surface area (TPSA) is 54.5 Å². The van der Waals surface area contributed by atoms with Crippen LogP contribution < -0.4 is 0 Å². The predicted molar refractivity (Wildman–Crippen MR) is 88.2 cm³/mol. The lowest BCUT2D eigenvalue weighted by Gasteiger charge is -2.11. The second-order valence-electron chi connectivity index (χ2n) is 5.49. The van der Waals surface area contributed by atoms with Crippen LogP contribution in [0.2, 0.25) is 0 Å². The summed E-state index contributed by atoms with van der Waals surface area (Å²) in [5.74, 6) is 4.19. The van der Waals surface area contributed by atoms with Gasteiger partial charge in [-0.15, -0.1) is 0 Å². The molecule has 2 aromatic heterocycles. The van der Waals surface area contributed by atoms with Gasteiger partial charge in [0.2, 0.25) is 0 Å². The van der Waals surface area contributed by atoms with Crippen LogP contribution in [0.1, 0.15) is 28.2 Å². The molecule has 0 saturated heterocycles.